The number of hydrogen-bond donors (Lipinski definition) is 1. The van der Waals surface area contributed by atoms with E-state index in [0.717, 1.165) is 31.6 Å². The summed E-state index contributed by atoms with van der Waals surface area (Å²) in [6.45, 7) is 0.150. The summed E-state index contributed by atoms with van der Waals surface area (Å²) in [5, 5.41) is 8.74. The lowest BCUT2D eigenvalue weighted by Crippen LogP contribution is -2.30. The van der Waals surface area contributed by atoms with Crippen LogP contribution < -0.4 is 10.4 Å². The molecule has 0 atom stereocenters. The Labute approximate surface area is 256 Å². The molecule has 1 aliphatic rings. The molecule has 236 valence electrons. The number of alkyl halides is 6. The fourth-order valence-electron chi connectivity index (χ4n) is 5.35. The van der Waals surface area contributed by atoms with Crippen molar-refractivity contribution in [2.45, 2.75) is 57.5 Å². The van der Waals surface area contributed by atoms with E-state index in [0.29, 0.717) is 33.4 Å². The van der Waals surface area contributed by atoms with Gasteiger partial charge in [-0.2, -0.15) is 26.3 Å². The summed E-state index contributed by atoms with van der Waals surface area (Å²) >= 11 is 0. The van der Waals surface area contributed by atoms with Crippen molar-refractivity contribution in [3.05, 3.63) is 65.1 Å². The van der Waals surface area contributed by atoms with E-state index in [1.807, 2.05) is 0 Å². The first-order chi connectivity index (χ1) is 22.4. The first kappa shape index (κ1) is 26.6. The minimum Gasteiger partial charge on any atom is -0.480 e. The van der Waals surface area contributed by atoms with Crippen LogP contribution in [0.5, 0.6) is 5.88 Å². The summed E-state index contributed by atoms with van der Waals surface area (Å²) in [7, 11) is -1.44. The molecule has 0 spiro atoms. The molecule has 1 saturated carbocycles. The van der Waals surface area contributed by atoms with E-state index >= 15 is 0 Å². The standard InChI is InChI=1S/C29H27F6N9O/c1-4-16-9-15(5-8-18(16)24-40-20(12-42(24)2)29(33,34)35)11-43-25-19(44(27(43)36)13-28(30,31)32)10-37-23(41-25)21-22(17-6-7-17)38-14-39-26(21)45-3/h5,8-10,12,14,17,36H,4,6-7,11,13H2,1-3H3/i3D3. The Morgan fingerprint density at radius 1 is 1.07 bits per heavy atom. The van der Waals surface area contributed by atoms with Crippen LogP contribution >= 0.6 is 0 Å². The van der Waals surface area contributed by atoms with E-state index in [1.54, 1.807) is 25.1 Å². The smallest absolute Gasteiger partial charge is 0.434 e. The van der Waals surface area contributed by atoms with Crippen LogP contribution in [0.2, 0.25) is 0 Å². The van der Waals surface area contributed by atoms with Gasteiger partial charge >= 0.3 is 12.4 Å². The largest absolute Gasteiger partial charge is 0.480 e. The molecule has 5 aromatic rings. The summed E-state index contributed by atoms with van der Waals surface area (Å²) in [6, 6.07) is 4.87. The molecule has 4 heterocycles. The summed E-state index contributed by atoms with van der Waals surface area (Å²) in [5.41, 5.74) is 0.364. The average molecular weight is 635 g/mol. The minimum absolute atomic E-state index is 0.0492. The summed E-state index contributed by atoms with van der Waals surface area (Å²) in [6.07, 6.45) is -4.27. The highest BCUT2D eigenvalue weighted by molar-refractivity contribution is 5.76. The molecule has 16 heteroatoms. The predicted molar refractivity (Wildman–Crippen MR) is 149 cm³/mol. The number of halogens is 6. The van der Waals surface area contributed by atoms with Gasteiger partial charge in [-0.1, -0.05) is 25.1 Å². The fraction of sp³-hybridized carbons (Fsp3) is 0.379. The number of aromatic nitrogens is 8. The van der Waals surface area contributed by atoms with Gasteiger partial charge in [0.05, 0.1) is 29.6 Å². The van der Waals surface area contributed by atoms with Gasteiger partial charge in [0.15, 0.2) is 17.2 Å². The van der Waals surface area contributed by atoms with Gasteiger partial charge in [0, 0.05) is 24.7 Å². The Hall–Kier alpha value is -4.76. The van der Waals surface area contributed by atoms with Crippen molar-refractivity contribution in [1.29, 1.82) is 5.41 Å². The Morgan fingerprint density at radius 2 is 1.84 bits per heavy atom. The molecule has 6 rings (SSSR count). The molecule has 0 aliphatic heterocycles. The van der Waals surface area contributed by atoms with Crippen LogP contribution in [-0.4, -0.2) is 51.8 Å². The maximum absolute atomic E-state index is 13.7. The summed E-state index contributed by atoms with van der Waals surface area (Å²) < 4.78 is 112. The molecule has 1 N–H and O–H groups in total. The number of methoxy groups -OCH3 is 1. The first-order valence-corrected chi connectivity index (χ1v) is 13.8. The third-order valence-corrected chi connectivity index (χ3v) is 7.57. The molecule has 0 amide bonds. The molecule has 1 fully saturated rings. The predicted octanol–water partition coefficient (Wildman–Crippen LogP) is 5.65. The third kappa shape index (κ3) is 5.76. The van der Waals surface area contributed by atoms with E-state index in [2.05, 4.69) is 24.9 Å². The van der Waals surface area contributed by atoms with Crippen LogP contribution in [0.4, 0.5) is 26.3 Å². The average Bonchev–Trinajstić information content (AvgIpc) is 3.72. The maximum atomic E-state index is 13.7. The second-order valence-electron chi connectivity index (χ2n) is 10.7. The van der Waals surface area contributed by atoms with E-state index in [9.17, 15) is 26.3 Å². The van der Waals surface area contributed by atoms with Gasteiger partial charge in [0.1, 0.15) is 29.8 Å². The zero-order chi connectivity index (χ0) is 34.8. The molecule has 10 nitrogen and oxygen atoms in total. The highest BCUT2D eigenvalue weighted by atomic mass is 19.4. The second kappa shape index (κ2) is 11.0. The molecule has 0 radical (unpaired) electrons. The van der Waals surface area contributed by atoms with Crippen LogP contribution in [0, 0.1) is 5.41 Å². The number of imidazole rings is 2. The second-order valence-corrected chi connectivity index (χ2v) is 10.7. The molecule has 1 aromatic carbocycles. The van der Waals surface area contributed by atoms with Crippen molar-refractivity contribution in [1.82, 2.24) is 38.6 Å². The molecule has 45 heavy (non-hydrogen) atoms. The lowest BCUT2D eigenvalue weighted by atomic mass is 10.0. The van der Waals surface area contributed by atoms with Crippen LogP contribution in [0.1, 0.15) is 52.3 Å². The number of nitrogens with zero attached hydrogens (tertiary/aromatic N) is 8. The molecular weight excluding hydrogens is 604 g/mol. The van der Waals surface area contributed by atoms with Gasteiger partial charge in [0.25, 0.3) is 0 Å². The van der Waals surface area contributed by atoms with Crippen LogP contribution in [-0.2, 0) is 32.7 Å². The Morgan fingerprint density at radius 3 is 2.49 bits per heavy atom. The third-order valence-electron chi connectivity index (χ3n) is 7.57. The zero-order valence-electron chi connectivity index (χ0n) is 26.8. The van der Waals surface area contributed by atoms with Crippen molar-refractivity contribution < 1.29 is 35.2 Å². The van der Waals surface area contributed by atoms with Gasteiger partial charge in [0.2, 0.25) is 11.5 Å². The molecular formula is C29H27F6N9O. The van der Waals surface area contributed by atoms with E-state index < -0.39 is 37.2 Å². The van der Waals surface area contributed by atoms with Crippen LogP contribution in [0.3, 0.4) is 0 Å². The zero-order valence-corrected chi connectivity index (χ0v) is 23.8. The van der Waals surface area contributed by atoms with E-state index in [-0.39, 0.29) is 46.7 Å². The van der Waals surface area contributed by atoms with Crippen molar-refractivity contribution in [2.75, 3.05) is 7.04 Å². The number of fused-ring (bicyclic) bond motifs is 1. The Bertz CT molecular complexity index is 2080. The van der Waals surface area contributed by atoms with Gasteiger partial charge in [-0.25, -0.2) is 24.9 Å². The number of benzene rings is 1. The Balaban J connectivity index is 1.48. The highest BCUT2D eigenvalue weighted by Crippen LogP contribution is 2.45. The fourth-order valence-corrected chi connectivity index (χ4v) is 5.35. The number of nitrogens with one attached hydrogen (secondary N) is 1. The Kier molecular flexibility index (Phi) is 6.51. The lowest BCUT2D eigenvalue weighted by molar-refractivity contribution is -0.141. The monoisotopic (exact) mass is 634 g/mol. The molecule has 1 aliphatic carbocycles. The van der Waals surface area contributed by atoms with Crippen LogP contribution in [0.15, 0.2) is 36.9 Å². The lowest BCUT2D eigenvalue weighted by Gasteiger charge is -2.12. The van der Waals surface area contributed by atoms with Gasteiger partial charge < -0.3 is 9.30 Å². The van der Waals surface area contributed by atoms with Crippen molar-refractivity contribution in [3.8, 4) is 28.7 Å². The first-order valence-electron chi connectivity index (χ1n) is 15.3. The maximum Gasteiger partial charge on any atom is 0.434 e. The summed E-state index contributed by atoms with van der Waals surface area (Å²) in [4.78, 5) is 20.9. The minimum atomic E-state index is -4.69. The molecule has 0 bridgehead atoms. The highest BCUT2D eigenvalue weighted by Gasteiger charge is 2.35. The van der Waals surface area contributed by atoms with Crippen molar-refractivity contribution in [3.63, 3.8) is 0 Å². The number of ether oxygens (including phenoxy) is 1. The van der Waals surface area contributed by atoms with Crippen molar-refractivity contribution >= 4 is 11.2 Å². The van der Waals surface area contributed by atoms with E-state index in [4.69, 9.17) is 14.3 Å². The SMILES string of the molecule is [2H]C([2H])([2H])Oc1ncnc(C2CC2)c1-c1ncc2c(n1)n(Cc1ccc(-c3nc(C(F)(F)F)cn3C)c(CC)c1)c(=N)n2CC(F)(F)F. The summed E-state index contributed by atoms with van der Waals surface area (Å²) in [5.74, 6) is -0.371. The number of rotatable bonds is 8. The van der Waals surface area contributed by atoms with Gasteiger partial charge in [-0.3, -0.25) is 14.5 Å². The molecule has 0 saturated heterocycles. The van der Waals surface area contributed by atoms with Gasteiger partial charge in [-0.15, -0.1) is 0 Å². The number of hydrogen-bond acceptors (Lipinski definition) is 7. The van der Waals surface area contributed by atoms with E-state index in [1.165, 1.54) is 16.2 Å². The van der Waals surface area contributed by atoms with Gasteiger partial charge in [-0.05, 0) is 30.4 Å². The van der Waals surface area contributed by atoms with Crippen molar-refractivity contribution in [2.24, 2.45) is 7.05 Å². The molecule has 4 aromatic heterocycles. The quantitative estimate of drug-likeness (QED) is 0.221. The topological polar surface area (TPSA) is 112 Å². The number of aryl methyl sites for hydroxylation is 2. The normalized spacial score (nSPS) is 15.2. The molecule has 0 unspecified atom stereocenters. The van der Waals surface area contributed by atoms with Crippen LogP contribution in [0.25, 0.3) is 33.9 Å².